The van der Waals surface area contributed by atoms with Crippen molar-refractivity contribution >= 4 is 5.78 Å². The Kier molecular flexibility index (Phi) is 3.09. The second-order valence-corrected chi connectivity index (χ2v) is 4.00. The van der Waals surface area contributed by atoms with Gasteiger partial charge in [-0.1, -0.05) is 18.2 Å². The summed E-state index contributed by atoms with van der Waals surface area (Å²) in [6.45, 7) is 0.354. The Morgan fingerprint density at radius 1 is 1.35 bits per heavy atom. The zero-order valence-electron chi connectivity index (χ0n) is 8.96. The highest BCUT2D eigenvalue weighted by Gasteiger charge is 2.40. The molecule has 0 saturated heterocycles. The highest BCUT2D eigenvalue weighted by Crippen LogP contribution is 2.37. The van der Waals surface area contributed by atoms with Gasteiger partial charge in [0.25, 0.3) is 0 Å². The summed E-state index contributed by atoms with van der Waals surface area (Å²) in [6, 6.07) is 6.91. The van der Waals surface area contributed by atoms with Gasteiger partial charge in [-0.05, 0) is 24.0 Å². The van der Waals surface area contributed by atoms with Crippen LogP contribution in [0.1, 0.15) is 24.3 Å². The Labute approximate surface area is 96.4 Å². The largest absolute Gasteiger partial charge is 0.493 e. The maximum absolute atomic E-state index is 12.2. The van der Waals surface area contributed by atoms with E-state index in [1.54, 1.807) is 24.3 Å². The first-order valence-electron chi connectivity index (χ1n) is 5.30. The molecule has 1 aliphatic rings. The predicted molar refractivity (Wildman–Crippen MR) is 55.0 cm³/mol. The third kappa shape index (κ3) is 2.60. The smallest absolute Gasteiger partial charge is 0.449 e. The number of ether oxygens (including phenoxy) is 1. The zero-order chi connectivity index (χ0) is 12.5. The van der Waals surface area contributed by atoms with Crippen molar-refractivity contribution < 1.29 is 22.7 Å². The molecule has 0 N–H and O–H groups in total. The molecule has 0 saturated carbocycles. The number of carbonyl (C=O) groups excluding carboxylic acids is 1. The molecule has 0 amide bonds. The lowest BCUT2D eigenvalue weighted by atomic mass is 9.88. The molecule has 0 fully saturated rings. The lowest BCUT2D eigenvalue weighted by Gasteiger charge is -2.25. The van der Waals surface area contributed by atoms with E-state index >= 15 is 0 Å². The Morgan fingerprint density at radius 2 is 2.06 bits per heavy atom. The molecule has 1 aromatic rings. The van der Waals surface area contributed by atoms with Crippen molar-refractivity contribution in [2.24, 2.45) is 0 Å². The second kappa shape index (κ2) is 4.39. The molecule has 92 valence electrons. The molecule has 2 rings (SSSR count). The van der Waals surface area contributed by atoms with Gasteiger partial charge < -0.3 is 4.74 Å². The van der Waals surface area contributed by atoms with Gasteiger partial charge in [-0.15, -0.1) is 0 Å². The number of benzene rings is 1. The summed E-state index contributed by atoms with van der Waals surface area (Å²) >= 11 is 0. The van der Waals surface area contributed by atoms with Crippen LogP contribution in [0.2, 0.25) is 0 Å². The number of rotatable bonds is 2. The molecule has 1 atom stereocenters. The van der Waals surface area contributed by atoms with Crippen LogP contribution >= 0.6 is 0 Å². The van der Waals surface area contributed by atoms with Gasteiger partial charge in [0.1, 0.15) is 5.75 Å². The van der Waals surface area contributed by atoms with Crippen LogP contribution in [0.3, 0.4) is 0 Å². The summed E-state index contributed by atoms with van der Waals surface area (Å²) in [7, 11) is 0. The summed E-state index contributed by atoms with van der Waals surface area (Å²) in [5, 5.41) is 0. The topological polar surface area (TPSA) is 26.3 Å². The van der Waals surface area contributed by atoms with E-state index < -0.39 is 24.3 Å². The van der Waals surface area contributed by atoms with Crippen molar-refractivity contribution in [1.82, 2.24) is 0 Å². The summed E-state index contributed by atoms with van der Waals surface area (Å²) in [5.74, 6) is -1.48. The van der Waals surface area contributed by atoms with Gasteiger partial charge in [0.05, 0.1) is 6.61 Å². The first-order valence-corrected chi connectivity index (χ1v) is 5.30. The second-order valence-electron chi connectivity index (χ2n) is 4.00. The van der Waals surface area contributed by atoms with E-state index in [-0.39, 0.29) is 0 Å². The summed E-state index contributed by atoms with van der Waals surface area (Å²) in [6.07, 6.45) is -4.80. The van der Waals surface area contributed by atoms with Crippen LogP contribution in [-0.2, 0) is 4.79 Å². The van der Waals surface area contributed by atoms with Crippen LogP contribution < -0.4 is 4.74 Å². The Bertz CT molecular complexity index is 426. The van der Waals surface area contributed by atoms with Gasteiger partial charge >= 0.3 is 6.18 Å². The first-order chi connectivity index (χ1) is 7.98. The van der Waals surface area contributed by atoms with Crippen molar-refractivity contribution in [3.05, 3.63) is 29.8 Å². The van der Waals surface area contributed by atoms with Crippen molar-refractivity contribution in [3.63, 3.8) is 0 Å². The van der Waals surface area contributed by atoms with Crippen molar-refractivity contribution in [2.75, 3.05) is 6.61 Å². The Morgan fingerprint density at radius 3 is 2.76 bits per heavy atom. The quantitative estimate of drug-likeness (QED) is 0.799. The van der Waals surface area contributed by atoms with Crippen LogP contribution in [0, 0.1) is 0 Å². The number of halogens is 3. The molecule has 0 radical (unpaired) electrons. The lowest BCUT2D eigenvalue weighted by molar-refractivity contribution is -0.171. The van der Waals surface area contributed by atoms with E-state index in [0.717, 1.165) is 0 Å². The number of carbonyl (C=O) groups is 1. The zero-order valence-corrected chi connectivity index (χ0v) is 8.96. The minimum Gasteiger partial charge on any atom is -0.493 e. The summed E-state index contributed by atoms with van der Waals surface area (Å²) in [5.41, 5.74) is 0.691. The number of hydrogen-bond donors (Lipinski definition) is 0. The number of Topliss-reactive ketones (excluding diaryl/α,β-unsaturated/α-hetero) is 1. The minimum atomic E-state index is -4.74. The molecule has 0 bridgehead atoms. The van der Waals surface area contributed by atoms with Crippen LogP contribution in [0.15, 0.2) is 24.3 Å². The molecule has 0 aromatic heterocycles. The number of hydrogen-bond acceptors (Lipinski definition) is 2. The van der Waals surface area contributed by atoms with E-state index in [4.69, 9.17) is 4.74 Å². The average Bonchev–Trinajstić information content (AvgIpc) is 2.28. The average molecular weight is 244 g/mol. The maximum Gasteiger partial charge on any atom is 0.449 e. The highest BCUT2D eigenvalue weighted by atomic mass is 19.4. The molecule has 1 heterocycles. The molecule has 0 aliphatic carbocycles. The highest BCUT2D eigenvalue weighted by molar-refractivity contribution is 5.84. The molecular formula is C12H11F3O2. The monoisotopic (exact) mass is 244 g/mol. The number of ketones is 1. The molecule has 1 aromatic carbocycles. The first kappa shape index (κ1) is 12.0. The fourth-order valence-electron chi connectivity index (χ4n) is 1.97. The van der Waals surface area contributed by atoms with Crippen LogP contribution in [0.25, 0.3) is 0 Å². The van der Waals surface area contributed by atoms with Gasteiger partial charge in [-0.25, -0.2) is 0 Å². The van der Waals surface area contributed by atoms with Crippen LogP contribution in [0.4, 0.5) is 13.2 Å². The third-order valence-electron chi connectivity index (χ3n) is 2.83. The summed E-state index contributed by atoms with van der Waals surface area (Å²) in [4.78, 5) is 11.0. The van der Waals surface area contributed by atoms with E-state index in [1.165, 1.54) is 0 Å². The molecule has 5 heteroatoms. The van der Waals surface area contributed by atoms with Gasteiger partial charge in [0, 0.05) is 6.42 Å². The number of fused-ring (bicyclic) bond motifs is 1. The predicted octanol–water partition coefficient (Wildman–Crippen LogP) is 3.07. The molecule has 2 nitrogen and oxygen atoms in total. The van der Waals surface area contributed by atoms with Crippen LogP contribution in [0.5, 0.6) is 5.75 Å². The standard InChI is InChI=1S/C12H11F3O2/c13-12(14,15)11(16)7-8-5-6-17-10-4-2-1-3-9(8)10/h1-4,8H,5-7H2. The van der Waals surface area contributed by atoms with Crippen molar-refractivity contribution in [2.45, 2.75) is 24.9 Å². The molecule has 1 aliphatic heterocycles. The maximum atomic E-state index is 12.2. The molecule has 17 heavy (non-hydrogen) atoms. The number of para-hydroxylation sites is 1. The minimum absolute atomic E-state index is 0.354. The van der Waals surface area contributed by atoms with E-state index in [9.17, 15) is 18.0 Å². The molecular weight excluding hydrogens is 233 g/mol. The van der Waals surface area contributed by atoms with Gasteiger partial charge in [-0.3, -0.25) is 4.79 Å². The fraction of sp³-hybridized carbons (Fsp3) is 0.417. The Hall–Kier alpha value is -1.52. The van der Waals surface area contributed by atoms with Crippen LogP contribution in [-0.4, -0.2) is 18.6 Å². The molecule has 1 unspecified atom stereocenters. The van der Waals surface area contributed by atoms with Gasteiger partial charge in [-0.2, -0.15) is 13.2 Å². The van der Waals surface area contributed by atoms with E-state index in [2.05, 4.69) is 0 Å². The lowest BCUT2D eigenvalue weighted by Crippen LogP contribution is -2.26. The van der Waals surface area contributed by atoms with Gasteiger partial charge in [0.2, 0.25) is 5.78 Å². The van der Waals surface area contributed by atoms with Crippen molar-refractivity contribution in [1.29, 1.82) is 0 Å². The van der Waals surface area contributed by atoms with E-state index in [1.807, 2.05) is 0 Å². The third-order valence-corrected chi connectivity index (χ3v) is 2.83. The summed E-state index contributed by atoms with van der Waals surface area (Å²) < 4.78 is 41.9. The van der Waals surface area contributed by atoms with E-state index in [0.29, 0.717) is 24.3 Å². The van der Waals surface area contributed by atoms with Crippen molar-refractivity contribution in [3.8, 4) is 5.75 Å². The number of alkyl halides is 3. The SMILES string of the molecule is O=C(CC1CCOc2ccccc21)C(F)(F)F. The van der Waals surface area contributed by atoms with Gasteiger partial charge in [0.15, 0.2) is 0 Å². The normalized spacial score (nSPS) is 19.4. The fourth-order valence-corrected chi connectivity index (χ4v) is 1.97. The molecule has 0 spiro atoms. The Balaban J connectivity index is 2.17.